The molecule has 0 saturated carbocycles. The number of anilines is 1. The van der Waals surface area contributed by atoms with E-state index < -0.39 is 5.97 Å². The lowest BCUT2D eigenvalue weighted by atomic mass is 10.0. The van der Waals surface area contributed by atoms with Gasteiger partial charge in [0.1, 0.15) is 0 Å². The molecular weight excluding hydrogens is 406 g/mol. The fourth-order valence-corrected chi connectivity index (χ4v) is 3.82. The first-order chi connectivity index (χ1) is 14.4. The van der Waals surface area contributed by atoms with Gasteiger partial charge in [-0.25, -0.2) is 4.79 Å². The van der Waals surface area contributed by atoms with Crippen molar-refractivity contribution in [3.8, 4) is 0 Å². The monoisotopic (exact) mass is 425 g/mol. The van der Waals surface area contributed by atoms with Crippen molar-refractivity contribution < 1.29 is 14.3 Å². The molecule has 2 aromatic carbocycles. The number of aromatic amines is 1. The third kappa shape index (κ3) is 4.08. The number of esters is 1. The van der Waals surface area contributed by atoms with Gasteiger partial charge in [0.25, 0.3) is 0 Å². The average Bonchev–Trinajstić information content (AvgIpc) is 2.75. The van der Waals surface area contributed by atoms with E-state index in [-0.39, 0.29) is 17.9 Å². The molecule has 0 saturated heterocycles. The largest absolute Gasteiger partial charge is 0.465 e. The standard InChI is InChI=1S/C22H20ClN3O4/c1-30-22(29)13-2-5-15(6-3-13)24-20(27)12-26-9-8-19-17(11-26)21(28)16-10-14(23)4-7-18(16)25-19/h2-7,10H,8-9,11-12H2,1H3,(H,24,27)(H,25,28). The van der Waals surface area contributed by atoms with E-state index in [9.17, 15) is 14.4 Å². The summed E-state index contributed by atoms with van der Waals surface area (Å²) in [5, 5.41) is 3.88. The lowest BCUT2D eigenvalue weighted by molar-refractivity contribution is -0.117. The summed E-state index contributed by atoms with van der Waals surface area (Å²) in [5.74, 6) is -0.622. The van der Waals surface area contributed by atoms with Gasteiger partial charge in [0.2, 0.25) is 5.91 Å². The average molecular weight is 426 g/mol. The molecule has 0 atom stereocenters. The van der Waals surface area contributed by atoms with Crippen LogP contribution in [0.3, 0.4) is 0 Å². The first-order valence-corrected chi connectivity index (χ1v) is 9.86. The molecule has 0 fully saturated rings. The van der Waals surface area contributed by atoms with Crippen LogP contribution in [0.2, 0.25) is 5.02 Å². The highest BCUT2D eigenvalue weighted by Gasteiger charge is 2.22. The van der Waals surface area contributed by atoms with Crippen LogP contribution >= 0.6 is 11.6 Å². The highest BCUT2D eigenvalue weighted by atomic mass is 35.5. The topological polar surface area (TPSA) is 91.5 Å². The molecule has 0 bridgehead atoms. The predicted molar refractivity (Wildman–Crippen MR) is 115 cm³/mol. The molecule has 3 aromatic rings. The van der Waals surface area contributed by atoms with E-state index in [1.165, 1.54) is 7.11 Å². The van der Waals surface area contributed by atoms with Crippen molar-refractivity contribution in [2.24, 2.45) is 0 Å². The Hall–Kier alpha value is -3.16. The fourth-order valence-electron chi connectivity index (χ4n) is 3.65. The number of nitrogens with one attached hydrogen (secondary N) is 2. The Labute approximate surface area is 177 Å². The summed E-state index contributed by atoms with van der Waals surface area (Å²) in [5.41, 5.74) is 3.30. The molecule has 30 heavy (non-hydrogen) atoms. The Morgan fingerprint density at radius 3 is 2.70 bits per heavy atom. The van der Waals surface area contributed by atoms with Crippen LogP contribution < -0.4 is 10.7 Å². The van der Waals surface area contributed by atoms with Gasteiger partial charge in [0.05, 0.1) is 19.2 Å². The van der Waals surface area contributed by atoms with Gasteiger partial charge in [0.15, 0.2) is 5.43 Å². The van der Waals surface area contributed by atoms with Gasteiger partial charge < -0.3 is 15.0 Å². The molecule has 1 aliphatic rings. The van der Waals surface area contributed by atoms with E-state index in [1.807, 2.05) is 11.0 Å². The van der Waals surface area contributed by atoms with Crippen LogP contribution in [0.5, 0.6) is 0 Å². The van der Waals surface area contributed by atoms with Gasteiger partial charge in [-0.1, -0.05) is 11.6 Å². The van der Waals surface area contributed by atoms with E-state index in [2.05, 4.69) is 15.0 Å². The number of methoxy groups -OCH3 is 1. The second-order valence-electron chi connectivity index (χ2n) is 7.18. The molecule has 0 aliphatic carbocycles. The zero-order valence-electron chi connectivity index (χ0n) is 16.3. The molecule has 2 N–H and O–H groups in total. The van der Waals surface area contributed by atoms with Gasteiger partial charge in [-0.05, 0) is 42.5 Å². The van der Waals surface area contributed by atoms with Crippen molar-refractivity contribution in [3.05, 3.63) is 74.5 Å². The third-order valence-corrected chi connectivity index (χ3v) is 5.40. The normalized spacial score (nSPS) is 13.7. The van der Waals surface area contributed by atoms with Gasteiger partial charge in [-0.15, -0.1) is 0 Å². The van der Waals surface area contributed by atoms with Gasteiger partial charge in [-0.2, -0.15) is 0 Å². The maximum Gasteiger partial charge on any atom is 0.337 e. The summed E-state index contributed by atoms with van der Waals surface area (Å²) >= 11 is 6.04. The number of H-pyrrole nitrogens is 1. The molecule has 0 unspecified atom stereocenters. The Morgan fingerprint density at radius 2 is 1.97 bits per heavy atom. The molecule has 2 heterocycles. The quantitative estimate of drug-likeness (QED) is 0.627. The van der Waals surface area contributed by atoms with Gasteiger partial charge >= 0.3 is 5.97 Å². The summed E-state index contributed by atoms with van der Waals surface area (Å²) < 4.78 is 4.66. The number of carbonyl (C=O) groups is 2. The van der Waals surface area contributed by atoms with Crippen LogP contribution in [0.4, 0.5) is 5.69 Å². The van der Waals surface area contributed by atoms with E-state index in [1.54, 1.807) is 36.4 Å². The number of halogens is 1. The Balaban J connectivity index is 1.45. The first kappa shape index (κ1) is 20.1. The third-order valence-electron chi connectivity index (χ3n) is 5.17. The number of fused-ring (bicyclic) bond motifs is 2. The van der Waals surface area contributed by atoms with Crippen LogP contribution in [0.15, 0.2) is 47.3 Å². The second kappa shape index (κ2) is 8.30. The molecule has 4 rings (SSSR count). The van der Waals surface area contributed by atoms with Crippen molar-refractivity contribution >= 4 is 40.1 Å². The fraction of sp³-hybridized carbons (Fsp3) is 0.227. The number of carbonyl (C=O) groups excluding carboxylic acids is 2. The van der Waals surface area contributed by atoms with Crippen molar-refractivity contribution in [1.82, 2.24) is 9.88 Å². The number of pyridine rings is 1. The van der Waals surface area contributed by atoms with Crippen molar-refractivity contribution in [2.45, 2.75) is 13.0 Å². The minimum absolute atomic E-state index is 0.0512. The highest BCUT2D eigenvalue weighted by Crippen LogP contribution is 2.21. The summed E-state index contributed by atoms with van der Waals surface area (Å²) in [7, 11) is 1.32. The van der Waals surface area contributed by atoms with Crippen LogP contribution in [-0.4, -0.2) is 42.0 Å². The van der Waals surface area contributed by atoms with Crippen molar-refractivity contribution in [3.63, 3.8) is 0 Å². The first-order valence-electron chi connectivity index (χ1n) is 9.48. The molecule has 8 heteroatoms. The SMILES string of the molecule is COC(=O)c1ccc(NC(=O)CN2CCc3[nH]c4ccc(Cl)cc4c(=O)c3C2)cc1. The second-order valence-corrected chi connectivity index (χ2v) is 7.62. The number of hydrogen-bond donors (Lipinski definition) is 2. The van der Waals surface area contributed by atoms with Crippen molar-refractivity contribution in [2.75, 3.05) is 25.5 Å². The molecule has 1 aromatic heterocycles. The summed E-state index contributed by atoms with van der Waals surface area (Å²) in [6.45, 7) is 1.21. The molecule has 154 valence electrons. The minimum Gasteiger partial charge on any atom is -0.465 e. The molecular formula is C22H20ClN3O4. The van der Waals surface area contributed by atoms with Crippen LogP contribution in [0.25, 0.3) is 10.9 Å². The Bertz CT molecular complexity index is 1190. The lowest BCUT2D eigenvalue weighted by Gasteiger charge is -2.27. The van der Waals surface area contributed by atoms with Crippen LogP contribution in [-0.2, 0) is 22.5 Å². The maximum absolute atomic E-state index is 12.9. The van der Waals surface area contributed by atoms with E-state index >= 15 is 0 Å². The van der Waals surface area contributed by atoms with Crippen LogP contribution in [0.1, 0.15) is 21.6 Å². The number of aromatic nitrogens is 1. The lowest BCUT2D eigenvalue weighted by Crippen LogP contribution is -2.39. The Kier molecular flexibility index (Phi) is 5.57. The van der Waals surface area contributed by atoms with E-state index in [0.717, 1.165) is 11.2 Å². The zero-order valence-corrected chi connectivity index (χ0v) is 17.1. The molecule has 1 aliphatic heterocycles. The number of rotatable bonds is 4. The number of benzene rings is 2. The van der Waals surface area contributed by atoms with E-state index in [4.69, 9.17) is 11.6 Å². The summed E-state index contributed by atoms with van der Waals surface area (Å²) in [6, 6.07) is 11.7. The van der Waals surface area contributed by atoms with Crippen LogP contribution in [0, 0.1) is 0 Å². The zero-order chi connectivity index (χ0) is 21.3. The summed E-state index contributed by atoms with van der Waals surface area (Å²) in [4.78, 5) is 42.1. The summed E-state index contributed by atoms with van der Waals surface area (Å²) in [6.07, 6.45) is 0.657. The molecule has 0 spiro atoms. The number of amides is 1. The van der Waals surface area contributed by atoms with Crippen molar-refractivity contribution in [1.29, 1.82) is 0 Å². The molecule has 7 nitrogen and oxygen atoms in total. The van der Waals surface area contributed by atoms with E-state index in [0.29, 0.717) is 46.7 Å². The number of hydrogen-bond acceptors (Lipinski definition) is 5. The number of ether oxygens (including phenoxy) is 1. The number of nitrogens with zero attached hydrogens (tertiary/aromatic N) is 1. The maximum atomic E-state index is 12.9. The van der Waals surface area contributed by atoms with Gasteiger partial charge in [0, 0.05) is 52.4 Å². The Morgan fingerprint density at radius 1 is 1.20 bits per heavy atom. The highest BCUT2D eigenvalue weighted by molar-refractivity contribution is 6.31. The molecule has 1 amide bonds. The smallest absolute Gasteiger partial charge is 0.337 e. The molecule has 0 radical (unpaired) electrons. The van der Waals surface area contributed by atoms with Gasteiger partial charge in [-0.3, -0.25) is 14.5 Å². The predicted octanol–water partition coefficient (Wildman–Crippen LogP) is 2.96. The minimum atomic E-state index is -0.432.